The van der Waals surface area contributed by atoms with Crippen LogP contribution in [0.3, 0.4) is 0 Å². The highest BCUT2D eigenvalue weighted by Crippen LogP contribution is 2.30. The molecule has 0 fully saturated rings. The maximum atomic E-state index is 13.4. The molecule has 0 aliphatic carbocycles. The highest BCUT2D eigenvalue weighted by atomic mass is 35.5. The van der Waals surface area contributed by atoms with Gasteiger partial charge in [0.2, 0.25) is 0 Å². The van der Waals surface area contributed by atoms with Gasteiger partial charge >= 0.3 is 0 Å². The fourth-order valence-corrected chi connectivity index (χ4v) is 1.32. The summed E-state index contributed by atoms with van der Waals surface area (Å²) in [5, 5.41) is 0.0631. The number of hydrogen-bond acceptors (Lipinski definition) is 2. The Bertz CT molecular complexity index is 315. The lowest BCUT2D eigenvalue weighted by Crippen LogP contribution is -2.09. The average Bonchev–Trinajstić information content (AvgIpc) is 2.08. The zero-order valence-corrected chi connectivity index (χ0v) is 8.23. The van der Waals surface area contributed by atoms with Gasteiger partial charge in [-0.1, -0.05) is 11.6 Å². The molecule has 72 valence electrons. The van der Waals surface area contributed by atoms with Crippen molar-refractivity contribution in [3.63, 3.8) is 0 Å². The fraction of sp³-hybridized carbons (Fsp3) is 0.333. The van der Waals surface area contributed by atoms with Gasteiger partial charge in [0.25, 0.3) is 0 Å². The van der Waals surface area contributed by atoms with E-state index >= 15 is 0 Å². The second kappa shape index (κ2) is 3.94. The first-order valence-corrected chi connectivity index (χ1v) is 4.23. The third-order valence-corrected chi connectivity index (χ3v) is 2.06. The minimum atomic E-state index is -0.504. The van der Waals surface area contributed by atoms with E-state index in [1.165, 1.54) is 13.2 Å². The fourth-order valence-electron chi connectivity index (χ4n) is 1.15. The summed E-state index contributed by atoms with van der Waals surface area (Å²) in [6.07, 6.45) is 0. The van der Waals surface area contributed by atoms with Crippen LogP contribution in [0, 0.1) is 5.82 Å². The van der Waals surface area contributed by atoms with Gasteiger partial charge < -0.3 is 10.5 Å². The molecule has 0 aliphatic heterocycles. The van der Waals surface area contributed by atoms with Crippen molar-refractivity contribution < 1.29 is 9.13 Å². The lowest BCUT2D eigenvalue weighted by molar-refractivity contribution is 0.401. The third-order valence-electron chi connectivity index (χ3n) is 1.77. The van der Waals surface area contributed by atoms with Gasteiger partial charge in [0.1, 0.15) is 11.6 Å². The summed E-state index contributed by atoms with van der Waals surface area (Å²) in [6, 6.07) is 2.61. The van der Waals surface area contributed by atoms with Crippen molar-refractivity contribution in [2.45, 2.75) is 13.0 Å². The summed E-state index contributed by atoms with van der Waals surface area (Å²) in [4.78, 5) is 0. The average molecular weight is 204 g/mol. The summed E-state index contributed by atoms with van der Waals surface area (Å²) < 4.78 is 18.4. The minimum absolute atomic E-state index is 0.0631. The van der Waals surface area contributed by atoms with Crippen molar-refractivity contribution in [2.24, 2.45) is 5.73 Å². The number of nitrogens with two attached hydrogens (primary N) is 1. The first-order valence-electron chi connectivity index (χ1n) is 3.85. The normalized spacial score (nSPS) is 12.7. The monoisotopic (exact) mass is 203 g/mol. The molecule has 0 bridgehead atoms. The van der Waals surface area contributed by atoms with Gasteiger partial charge in [-0.25, -0.2) is 4.39 Å². The van der Waals surface area contributed by atoms with Crippen LogP contribution in [0.1, 0.15) is 18.5 Å². The van der Waals surface area contributed by atoms with Gasteiger partial charge in [-0.2, -0.15) is 0 Å². The second-order valence-corrected chi connectivity index (χ2v) is 3.17. The maximum absolute atomic E-state index is 13.4. The van der Waals surface area contributed by atoms with E-state index in [-0.39, 0.29) is 5.02 Å². The molecule has 1 aromatic carbocycles. The van der Waals surface area contributed by atoms with Crippen molar-refractivity contribution in [3.8, 4) is 5.75 Å². The quantitative estimate of drug-likeness (QED) is 0.802. The molecule has 0 saturated heterocycles. The Morgan fingerprint density at radius 1 is 1.54 bits per heavy atom. The van der Waals surface area contributed by atoms with E-state index < -0.39 is 11.9 Å². The molecule has 0 spiro atoms. The number of methoxy groups -OCH3 is 1. The predicted molar refractivity (Wildman–Crippen MR) is 50.6 cm³/mol. The molecule has 2 nitrogen and oxygen atoms in total. The molecule has 0 saturated carbocycles. The largest absolute Gasteiger partial charge is 0.496 e. The lowest BCUT2D eigenvalue weighted by Gasteiger charge is -2.13. The highest BCUT2D eigenvalue weighted by molar-refractivity contribution is 6.30. The molecule has 1 aromatic rings. The van der Waals surface area contributed by atoms with Gasteiger partial charge in [-0.15, -0.1) is 0 Å². The van der Waals surface area contributed by atoms with E-state index in [0.717, 1.165) is 0 Å². The van der Waals surface area contributed by atoms with Crippen LogP contribution in [0.25, 0.3) is 0 Å². The second-order valence-electron chi connectivity index (χ2n) is 2.77. The van der Waals surface area contributed by atoms with Crippen LogP contribution < -0.4 is 10.5 Å². The molecule has 0 aliphatic rings. The number of benzene rings is 1. The van der Waals surface area contributed by atoms with E-state index in [1.54, 1.807) is 13.0 Å². The summed E-state index contributed by atoms with van der Waals surface area (Å²) in [6.45, 7) is 1.68. The van der Waals surface area contributed by atoms with Crippen LogP contribution in [-0.2, 0) is 0 Å². The van der Waals surface area contributed by atoms with Crippen molar-refractivity contribution in [2.75, 3.05) is 7.11 Å². The Kier molecular flexibility index (Phi) is 3.12. The summed E-state index contributed by atoms with van der Waals surface area (Å²) in [5.41, 5.74) is 5.90. The van der Waals surface area contributed by atoms with Crippen molar-refractivity contribution in [1.82, 2.24) is 0 Å². The molecule has 2 N–H and O–H groups in total. The molecule has 0 heterocycles. The first kappa shape index (κ1) is 10.3. The van der Waals surface area contributed by atoms with E-state index in [9.17, 15) is 4.39 Å². The van der Waals surface area contributed by atoms with Gasteiger partial charge in [-0.3, -0.25) is 0 Å². The first-order chi connectivity index (χ1) is 6.07. The van der Waals surface area contributed by atoms with Gasteiger partial charge in [0.05, 0.1) is 12.1 Å². The molecular weight excluding hydrogens is 193 g/mol. The summed E-state index contributed by atoms with van der Waals surface area (Å²) in [7, 11) is 1.47. The predicted octanol–water partition coefficient (Wildman–Crippen LogP) is 2.51. The Hall–Kier alpha value is -0.800. The SMILES string of the molecule is COc1ccc(Cl)c(F)c1C(C)N. The molecule has 0 aromatic heterocycles. The molecular formula is C9H11ClFNO. The van der Waals surface area contributed by atoms with Crippen molar-refractivity contribution in [3.05, 3.63) is 28.5 Å². The summed E-state index contributed by atoms with van der Waals surface area (Å²) >= 11 is 5.60. The third kappa shape index (κ3) is 1.92. The van der Waals surface area contributed by atoms with E-state index in [0.29, 0.717) is 11.3 Å². The number of halogens is 2. The maximum Gasteiger partial charge on any atom is 0.150 e. The van der Waals surface area contributed by atoms with E-state index in [4.69, 9.17) is 22.1 Å². The minimum Gasteiger partial charge on any atom is -0.496 e. The lowest BCUT2D eigenvalue weighted by atomic mass is 10.1. The van der Waals surface area contributed by atoms with E-state index in [2.05, 4.69) is 0 Å². The molecule has 13 heavy (non-hydrogen) atoms. The number of rotatable bonds is 2. The van der Waals surface area contributed by atoms with Crippen molar-refractivity contribution >= 4 is 11.6 Å². The van der Waals surface area contributed by atoms with Crippen molar-refractivity contribution in [1.29, 1.82) is 0 Å². The standard InChI is InChI=1S/C9H11ClFNO/c1-5(12)8-7(13-2)4-3-6(10)9(8)11/h3-5H,12H2,1-2H3. The zero-order chi connectivity index (χ0) is 10.0. The number of hydrogen-bond donors (Lipinski definition) is 1. The van der Waals surface area contributed by atoms with E-state index in [1.807, 2.05) is 0 Å². The van der Waals surface area contributed by atoms with Crippen LogP contribution in [0.5, 0.6) is 5.75 Å². The highest BCUT2D eigenvalue weighted by Gasteiger charge is 2.15. The van der Waals surface area contributed by atoms with Crippen LogP contribution >= 0.6 is 11.6 Å². The zero-order valence-electron chi connectivity index (χ0n) is 7.47. The Morgan fingerprint density at radius 2 is 2.15 bits per heavy atom. The Labute approximate surface area is 81.4 Å². The molecule has 4 heteroatoms. The molecule has 1 unspecified atom stereocenters. The molecule has 0 amide bonds. The van der Waals surface area contributed by atoms with Gasteiger partial charge in [0.15, 0.2) is 0 Å². The van der Waals surface area contributed by atoms with Crippen LogP contribution in [0.2, 0.25) is 5.02 Å². The van der Waals surface area contributed by atoms with Crippen LogP contribution in [0.15, 0.2) is 12.1 Å². The molecule has 0 radical (unpaired) electrons. The van der Waals surface area contributed by atoms with Crippen LogP contribution in [0.4, 0.5) is 4.39 Å². The van der Waals surface area contributed by atoms with Gasteiger partial charge in [-0.05, 0) is 19.1 Å². The Morgan fingerprint density at radius 3 is 2.62 bits per heavy atom. The smallest absolute Gasteiger partial charge is 0.150 e. The van der Waals surface area contributed by atoms with Gasteiger partial charge in [0, 0.05) is 11.6 Å². The molecule has 1 rings (SSSR count). The topological polar surface area (TPSA) is 35.2 Å². The summed E-state index contributed by atoms with van der Waals surface area (Å²) in [5.74, 6) is -0.0760. The number of ether oxygens (including phenoxy) is 1. The Balaban J connectivity index is 3.32. The molecule has 1 atom stereocenters. The van der Waals surface area contributed by atoms with Crippen LogP contribution in [-0.4, -0.2) is 7.11 Å².